The van der Waals surface area contributed by atoms with Gasteiger partial charge in [-0.25, -0.2) is 0 Å². The van der Waals surface area contributed by atoms with Crippen molar-refractivity contribution in [2.75, 3.05) is 19.8 Å². The van der Waals surface area contributed by atoms with Gasteiger partial charge in [-0.05, 0) is 30.5 Å². The van der Waals surface area contributed by atoms with Crippen molar-refractivity contribution >= 4 is 12.4 Å². The van der Waals surface area contributed by atoms with Crippen LogP contribution in [0.5, 0.6) is 0 Å². The lowest BCUT2D eigenvalue weighted by Crippen LogP contribution is -2.34. The van der Waals surface area contributed by atoms with E-state index in [0.717, 1.165) is 19.8 Å². The largest absolute Gasteiger partial charge is 0.378 e. The molecule has 0 unspecified atom stereocenters. The third kappa shape index (κ3) is 2.94. The van der Waals surface area contributed by atoms with Crippen LogP contribution in [-0.4, -0.2) is 19.8 Å². The molecule has 1 aromatic carbocycles. The van der Waals surface area contributed by atoms with Crippen molar-refractivity contribution in [1.29, 1.82) is 0 Å². The van der Waals surface area contributed by atoms with Crippen LogP contribution < -0.4 is 5.32 Å². The molecule has 1 saturated heterocycles. The van der Waals surface area contributed by atoms with Crippen molar-refractivity contribution in [2.45, 2.75) is 19.9 Å². The molecule has 0 aromatic heterocycles. The molecule has 0 spiro atoms. The molecule has 1 fully saturated rings. The van der Waals surface area contributed by atoms with Gasteiger partial charge in [0, 0.05) is 6.54 Å². The molecule has 3 heteroatoms. The summed E-state index contributed by atoms with van der Waals surface area (Å²) in [5.41, 5.74) is 4.05. The number of rotatable bonds is 1. The van der Waals surface area contributed by atoms with Crippen molar-refractivity contribution in [3.63, 3.8) is 0 Å². The number of benzene rings is 1. The summed E-state index contributed by atoms with van der Waals surface area (Å²) < 4.78 is 5.44. The van der Waals surface area contributed by atoms with Gasteiger partial charge in [0.2, 0.25) is 0 Å². The van der Waals surface area contributed by atoms with E-state index in [4.69, 9.17) is 4.74 Å². The van der Waals surface area contributed by atoms with Crippen molar-refractivity contribution < 1.29 is 4.74 Å². The maximum absolute atomic E-state index is 5.44. The second kappa shape index (κ2) is 5.50. The lowest BCUT2D eigenvalue weighted by atomic mass is 10.0. The van der Waals surface area contributed by atoms with E-state index in [1.54, 1.807) is 0 Å². The number of halogens is 1. The minimum absolute atomic E-state index is 0. The Balaban J connectivity index is 0.00000112. The number of morpholine rings is 1. The van der Waals surface area contributed by atoms with Crippen LogP contribution in [0.1, 0.15) is 22.7 Å². The molecular weight excluding hydrogens is 210 g/mol. The van der Waals surface area contributed by atoms with E-state index in [-0.39, 0.29) is 12.4 Å². The van der Waals surface area contributed by atoms with Gasteiger partial charge in [-0.2, -0.15) is 0 Å². The van der Waals surface area contributed by atoms with Crippen molar-refractivity contribution in [1.82, 2.24) is 5.32 Å². The second-order valence-electron chi connectivity index (χ2n) is 3.93. The zero-order valence-electron chi connectivity index (χ0n) is 9.25. The molecule has 0 aliphatic carbocycles. The van der Waals surface area contributed by atoms with Gasteiger partial charge in [-0.1, -0.05) is 18.2 Å². The van der Waals surface area contributed by atoms with E-state index < -0.39 is 0 Å². The summed E-state index contributed by atoms with van der Waals surface area (Å²) in [5, 5.41) is 3.46. The van der Waals surface area contributed by atoms with Crippen molar-refractivity contribution in [2.24, 2.45) is 0 Å². The summed E-state index contributed by atoms with van der Waals surface area (Å²) in [5.74, 6) is 0. The predicted molar refractivity (Wildman–Crippen MR) is 64.7 cm³/mol. The highest BCUT2D eigenvalue weighted by molar-refractivity contribution is 5.85. The second-order valence-corrected chi connectivity index (χ2v) is 3.93. The van der Waals surface area contributed by atoms with Crippen LogP contribution in [0.4, 0.5) is 0 Å². The highest BCUT2D eigenvalue weighted by atomic mass is 35.5. The van der Waals surface area contributed by atoms with Gasteiger partial charge in [0.1, 0.15) is 0 Å². The average Bonchev–Trinajstić information content (AvgIpc) is 2.23. The van der Waals surface area contributed by atoms with Crippen LogP contribution in [0.25, 0.3) is 0 Å². The minimum Gasteiger partial charge on any atom is -0.378 e. The molecule has 2 nitrogen and oxygen atoms in total. The number of nitrogens with one attached hydrogen (secondary N) is 1. The van der Waals surface area contributed by atoms with Crippen LogP contribution in [0.3, 0.4) is 0 Å². The van der Waals surface area contributed by atoms with Gasteiger partial charge in [0.05, 0.1) is 19.3 Å². The number of ether oxygens (including phenoxy) is 1. The Morgan fingerprint density at radius 3 is 2.67 bits per heavy atom. The predicted octanol–water partition coefficient (Wildman–Crippen LogP) is 2.39. The lowest BCUT2D eigenvalue weighted by Gasteiger charge is -2.24. The van der Waals surface area contributed by atoms with Gasteiger partial charge < -0.3 is 10.1 Å². The molecule has 0 bridgehead atoms. The molecule has 0 amide bonds. The molecule has 0 radical (unpaired) electrons. The molecule has 1 atom stereocenters. The highest BCUT2D eigenvalue weighted by Crippen LogP contribution is 2.18. The normalized spacial score (nSPS) is 20.8. The molecule has 1 heterocycles. The Kier molecular flexibility index (Phi) is 4.58. The van der Waals surface area contributed by atoms with E-state index in [1.807, 2.05) is 0 Å². The fraction of sp³-hybridized carbons (Fsp3) is 0.500. The Hall–Kier alpha value is -0.570. The summed E-state index contributed by atoms with van der Waals surface area (Å²) in [6, 6.07) is 7.00. The third-order valence-corrected chi connectivity index (χ3v) is 2.85. The van der Waals surface area contributed by atoms with Gasteiger partial charge >= 0.3 is 0 Å². The molecule has 1 N–H and O–H groups in total. The molecular formula is C12H18ClNO. The van der Waals surface area contributed by atoms with Gasteiger partial charge in [0.15, 0.2) is 0 Å². The first-order chi connectivity index (χ1) is 6.77. The van der Waals surface area contributed by atoms with Crippen molar-refractivity contribution in [3.05, 3.63) is 34.9 Å². The molecule has 15 heavy (non-hydrogen) atoms. The quantitative estimate of drug-likeness (QED) is 0.796. The molecule has 0 saturated carbocycles. The summed E-state index contributed by atoms with van der Waals surface area (Å²) in [7, 11) is 0. The maximum atomic E-state index is 5.44. The molecule has 84 valence electrons. The standard InChI is InChI=1S/C12H17NO.ClH/c1-9-3-4-11(7-10(9)2)12-8-14-6-5-13-12;/h3-4,7,12-13H,5-6,8H2,1-2H3;1H/t12-;/m0./s1. The Morgan fingerprint density at radius 2 is 2.07 bits per heavy atom. The van der Waals surface area contributed by atoms with Gasteiger partial charge in [-0.3, -0.25) is 0 Å². The summed E-state index contributed by atoms with van der Waals surface area (Å²) in [6.07, 6.45) is 0. The monoisotopic (exact) mass is 227 g/mol. The van der Waals surface area contributed by atoms with E-state index in [1.165, 1.54) is 16.7 Å². The maximum Gasteiger partial charge on any atom is 0.0662 e. The van der Waals surface area contributed by atoms with Crippen LogP contribution >= 0.6 is 12.4 Å². The van der Waals surface area contributed by atoms with Gasteiger partial charge in [0.25, 0.3) is 0 Å². The fourth-order valence-corrected chi connectivity index (χ4v) is 1.76. The topological polar surface area (TPSA) is 21.3 Å². The van der Waals surface area contributed by atoms with Crippen molar-refractivity contribution in [3.8, 4) is 0 Å². The van der Waals surface area contributed by atoms with Gasteiger partial charge in [-0.15, -0.1) is 12.4 Å². The average molecular weight is 228 g/mol. The first kappa shape index (κ1) is 12.5. The summed E-state index contributed by atoms with van der Waals surface area (Å²) in [4.78, 5) is 0. The number of aryl methyl sites for hydroxylation is 2. The highest BCUT2D eigenvalue weighted by Gasteiger charge is 2.14. The molecule has 2 rings (SSSR count). The first-order valence-electron chi connectivity index (χ1n) is 5.15. The smallest absolute Gasteiger partial charge is 0.0662 e. The molecule has 1 aromatic rings. The SMILES string of the molecule is Cc1ccc([C@@H]2COCCN2)cc1C.Cl. The van der Waals surface area contributed by atoms with E-state index >= 15 is 0 Å². The van der Waals surface area contributed by atoms with Crippen LogP contribution in [0.15, 0.2) is 18.2 Å². The third-order valence-electron chi connectivity index (χ3n) is 2.85. The number of hydrogen-bond acceptors (Lipinski definition) is 2. The Labute approximate surface area is 97.4 Å². The summed E-state index contributed by atoms with van der Waals surface area (Å²) >= 11 is 0. The van der Waals surface area contributed by atoms with E-state index in [0.29, 0.717) is 6.04 Å². The Bertz CT molecular complexity index is 321. The zero-order chi connectivity index (χ0) is 9.97. The summed E-state index contributed by atoms with van der Waals surface area (Å²) in [6.45, 7) is 6.88. The van der Waals surface area contributed by atoms with E-state index in [2.05, 4.69) is 37.4 Å². The van der Waals surface area contributed by atoms with Crippen LogP contribution in [0, 0.1) is 13.8 Å². The van der Waals surface area contributed by atoms with E-state index in [9.17, 15) is 0 Å². The fourth-order valence-electron chi connectivity index (χ4n) is 1.76. The zero-order valence-corrected chi connectivity index (χ0v) is 10.1. The van der Waals surface area contributed by atoms with Crippen LogP contribution in [0.2, 0.25) is 0 Å². The lowest BCUT2D eigenvalue weighted by molar-refractivity contribution is 0.0768. The molecule has 1 aliphatic rings. The Morgan fingerprint density at radius 1 is 1.27 bits per heavy atom. The number of hydrogen-bond donors (Lipinski definition) is 1. The minimum atomic E-state index is 0. The first-order valence-corrected chi connectivity index (χ1v) is 5.15. The van der Waals surface area contributed by atoms with Crippen LogP contribution in [-0.2, 0) is 4.74 Å². The molecule has 1 aliphatic heterocycles.